The summed E-state index contributed by atoms with van der Waals surface area (Å²) >= 11 is 0. The number of hydrogen-bond acceptors (Lipinski definition) is 5. The van der Waals surface area contributed by atoms with Crippen molar-refractivity contribution in [3.8, 4) is 5.75 Å². The minimum absolute atomic E-state index is 0.261. The minimum Gasteiger partial charge on any atom is -0.493 e. The van der Waals surface area contributed by atoms with E-state index in [4.69, 9.17) is 14.2 Å². The van der Waals surface area contributed by atoms with Crippen molar-refractivity contribution >= 4 is 17.6 Å². The van der Waals surface area contributed by atoms with E-state index in [-0.39, 0.29) is 18.1 Å². The number of methoxy groups -OCH3 is 1. The van der Waals surface area contributed by atoms with Gasteiger partial charge in [-0.05, 0) is 51.3 Å². The molecule has 6 heteroatoms. The maximum absolute atomic E-state index is 12.6. The topological polar surface area (TPSA) is 73.9 Å². The summed E-state index contributed by atoms with van der Waals surface area (Å²) in [5, 5.41) is 2.82. The Morgan fingerprint density at radius 2 is 1.88 bits per heavy atom. The lowest BCUT2D eigenvalue weighted by molar-refractivity contribution is -0.137. The Morgan fingerprint density at radius 1 is 1.20 bits per heavy atom. The number of ether oxygens (including phenoxy) is 3. The van der Waals surface area contributed by atoms with Crippen LogP contribution in [0.2, 0.25) is 0 Å². The van der Waals surface area contributed by atoms with Gasteiger partial charge in [-0.3, -0.25) is 4.79 Å². The highest BCUT2D eigenvalue weighted by atomic mass is 16.5. The summed E-state index contributed by atoms with van der Waals surface area (Å²) in [5.74, 6) is -0.0249. The van der Waals surface area contributed by atoms with Gasteiger partial charge in [-0.2, -0.15) is 0 Å². The summed E-state index contributed by atoms with van der Waals surface area (Å²) in [6.45, 7) is 10.1. The van der Waals surface area contributed by atoms with Gasteiger partial charge in [0.1, 0.15) is 16.9 Å². The normalized spacial score (nSPS) is 13.2. The van der Waals surface area contributed by atoms with Crippen LogP contribution in [0.15, 0.2) is 18.2 Å². The highest BCUT2D eigenvalue weighted by Gasteiger charge is 2.34. The van der Waals surface area contributed by atoms with Crippen molar-refractivity contribution in [3.05, 3.63) is 23.8 Å². The Hall–Kier alpha value is -2.08. The number of amides is 1. The van der Waals surface area contributed by atoms with Crippen LogP contribution in [0.5, 0.6) is 5.75 Å². The number of benzene rings is 1. The molecule has 0 saturated heterocycles. The van der Waals surface area contributed by atoms with Crippen LogP contribution in [-0.2, 0) is 14.3 Å². The third kappa shape index (κ3) is 5.74. The summed E-state index contributed by atoms with van der Waals surface area (Å²) in [7, 11) is 1.52. The zero-order valence-corrected chi connectivity index (χ0v) is 16.0. The average Bonchev–Trinajstić information content (AvgIpc) is 2.55. The third-order valence-electron chi connectivity index (χ3n) is 3.76. The van der Waals surface area contributed by atoms with Gasteiger partial charge in [0.25, 0.3) is 5.91 Å². The van der Waals surface area contributed by atoms with Gasteiger partial charge in [0, 0.05) is 12.8 Å². The fourth-order valence-electron chi connectivity index (χ4n) is 2.57. The van der Waals surface area contributed by atoms with E-state index in [1.165, 1.54) is 7.11 Å². The van der Waals surface area contributed by atoms with Crippen LogP contribution in [0, 0.1) is 5.92 Å². The molecule has 25 heavy (non-hydrogen) atoms. The molecule has 0 bridgehead atoms. The van der Waals surface area contributed by atoms with Gasteiger partial charge < -0.3 is 19.5 Å². The molecule has 1 N–H and O–H groups in total. The fraction of sp³-hybridized carbons (Fsp3) is 0.579. The van der Waals surface area contributed by atoms with E-state index in [2.05, 4.69) is 5.32 Å². The standard InChI is InChI=1S/C19H29NO5/c1-7-24-16-10-9-14(11-15(16)17(21)25-8-2)20-18(22)19(5,23-6)12-13(3)4/h9-11,13H,7-8,12H2,1-6H3,(H,20,22). The zero-order valence-electron chi connectivity index (χ0n) is 16.0. The van der Waals surface area contributed by atoms with E-state index < -0.39 is 11.6 Å². The van der Waals surface area contributed by atoms with Gasteiger partial charge in [-0.25, -0.2) is 4.79 Å². The Balaban J connectivity index is 3.07. The number of hydrogen-bond donors (Lipinski definition) is 1. The Bertz CT molecular complexity index is 599. The highest BCUT2D eigenvalue weighted by Crippen LogP contribution is 2.26. The molecule has 1 unspecified atom stereocenters. The van der Waals surface area contributed by atoms with E-state index in [9.17, 15) is 9.59 Å². The second-order valence-corrected chi connectivity index (χ2v) is 6.35. The molecule has 1 amide bonds. The van der Waals surface area contributed by atoms with Crippen LogP contribution in [0.4, 0.5) is 5.69 Å². The summed E-state index contributed by atoms with van der Waals surface area (Å²) in [5.41, 5.74) is -0.176. The average molecular weight is 351 g/mol. The first-order valence-corrected chi connectivity index (χ1v) is 8.57. The molecular weight excluding hydrogens is 322 g/mol. The Labute approximate surface area is 149 Å². The van der Waals surface area contributed by atoms with Crippen LogP contribution in [0.1, 0.15) is 51.4 Å². The quantitative estimate of drug-likeness (QED) is 0.688. The molecule has 0 aliphatic rings. The van der Waals surface area contributed by atoms with Crippen molar-refractivity contribution < 1.29 is 23.8 Å². The summed E-state index contributed by atoms with van der Waals surface area (Å²) in [6.07, 6.45) is 0.580. The van der Waals surface area contributed by atoms with Crippen LogP contribution in [0.25, 0.3) is 0 Å². The molecule has 6 nitrogen and oxygen atoms in total. The fourth-order valence-corrected chi connectivity index (χ4v) is 2.57. The number of nitrogens with one attached hydrogen (secondary N) is 1. The Morgan fingerprint density at radius 3 is 2.40 bits per heavy atom. The summed E-state index contributed by atoms with van der Waals surface area (Å²) < 4.78 is 16.0. The number of carbonyl (C=O) groups is 2. The summed E-state index contributed by atoms with van der Waals surface area (Å²) in [6, 6.07) is 4.90. The van der Waals surface area contributed by atoms with E-state index in [0.29, 0.717) is 30.4 Å². The SMILES string of the molecule is CCOC(=O)c1cc(NC(=O)C(C)(CC(C)C)OC)ccc1OCC. The Kier molecular flexibility index (Phi) is 7.90. The van der Waals surface area contributed by atoms with Crippen LogP contribution >= 0.6 is 0 Å². The van der Waals surface area contributed by atoms with Gasteiger partial charge in [-0.1, -0.05) is 13.8 Å². The van der Waals surface area contributed by atoms with Crippen molar-refractivity contribution in [3.63, 3.8) is 0 Å². The maximum atomic E-state index is 12.6. The molecular formula is C19H29NO5. The summed E-state index contributed by atoms with van der Waals surface area (Å²) in [4.78, 5) is 24.8. The second kappa shape index (κ2) is 9.42. The first-order valence-electron chi connectivity index (χ1n) is 8.57. The van der Waals surface area contributed by atoms with Gasteiger partial charge in [0.15, 0.2) is 0 Å². The van der Waals surface area contributed by atoms with Gasteiger partial charge in [0.05, 0.1) is 13.2 Å². The third-order valence-corrected chi connectivity index (χ3v) is 3.76. The molecule has 0 spiro atoms. The minimum atomic E-state index is -0.948. The lowest BCUT2D eigenvalue weighted by Crippen LogP contribution is -2.43. The molecule has 1 atom stereocenters. The van der Waals surface area contributed by atoms with Gasteiger partial charge in [-0.15, -0.1) is 0 Å². The van der Waals surface area contributed by atoms with Crippen molar-refractivity contribution in [1.82, 2.24) is 0 Å². The largest absolute Gasteiger partial charge is 0.493 e. The predicted molar refractivity (Wildman–Crippen MR) is 97.1 cm³/mol. The number of anilines is 1. The molecule has 0 heterocycles. The molecule has 0 aromatic heterocycles. The number of esters is 1. The monoisotopic (exact) mass is 351 g/mol. The predicted octanol–water partition coefficient (Wildman–Crippen LogP) is 3.65. The van der Waals surface area contributed by atoms with E-state index in [1.54, 1.807) is 32.0 Å². The lowest BCUT2D eigenvalue weighted by Gasteiger charge is -2.28. The maximum Gasteiger partial charge on any atom is 0.341 e. The van der Waals surface area contributed by atoms with Crippen molar-refractivity contribution in [1.29, 1.82) is 0 Å². The van der Waals surface area contributed by atoms with Gasteiger partial charge in [0.2, 0.25) is 0 Å². The molecule has 0 saturated carbocycles. The van der Waals surface area contributed by atoms with Crippen LogP contribution in [0.3, 0.4) is 0 Å². The number of carbonyl (C=O) groups excluding carboxylic acids is 2. The highest BCUT2D eigenvalue weighted by molar-refractivity contribution is 5.99. The molecule has 0 aliphatic carbocycles. The molecule has 1 aromatic rings. The van der Waals surface area contributed by atoms with E-state index in [0.717, 1.165) is 0 Å². The van der Waals surface area contributed by atoms with Crippen molar-refractivity contribution in [2.75, 3.05) is 25.6 Å². The lowest BCUT2D eigenvalue weighted by atomic mass is 9.93. The van der Waals surface area contributed by atoms with Gasteiger partial charge >= 0.3 is 5.97 Å². The first-order chi connectivity index (χ1) is 11.8. The molecule has 140 valence electrons. The van der Waals surface area contributed by atoms with Crippen molar-refractivity contribution in [2.24, 2.45) is 5.92 Å². The molecule has 0 aliphatic heterocycles. The van der Waals surface area contributed by atoms with Crippen LogP contribution in [-0.4, -0.2) is 37.8 Å². The van der Waals surface area contributed by atoms with Crippen molar-refractivity contribution in [2.45, 2.75) is 46.6 Å². The van der Waals surface area contributed by atoms with E-state index in [1.807, 2.05) is 20.8 Å². The van der Waals surface area contributed by atoms with Crippen LogP contribution < -0.4 is 10.1 Å². The van der Waals surface area contributed by atoms with E-state index >= 15 is 0 Å². The molecule has 1 rings (SSSR count). The smallest absolute Gasteiger partial charge is 0.341 e. The first kappa shape index (κ1) is 21.0. The zero-order chi connectivity index (χ0) is 19.0. The molecule has 0 radical (unpaired) electrons. The molecule has 1 aromatic carbocycles. The second-order valence-electron chi connectivity index (χ2n) is 6.35. The number of rotatable bonds is 9. The molecule has 0 fully saturated rings.